The van der Waals surface area contributed by atoms with Crippen LogP contribution in [0.3, 0.4) is 0 Å². The predicted octanol–water partition coefficient (Wildman–Crippen LogP) is 1.17. The summed E-state index contributed by atoms with van der Waals surface area (Å²) in [7, 11) is 1.16. The SMILES string of the molecule is CCc1ccc(N2C(=O)CC3(CC(C(=O)OC)=NN3N=O)C2=O)cc1. The molecule has 0 aliphatic carbocycles. The fourth-order valence-electron chi connectivity index (χ4n) is 3.08. The normalized spacial score (nSPS) is 22.6. The third-order valence-corrected chi connectivity index (χ3v) is 4.45. The molecule has 2 aliphatic rings. The van der Waals surface area contributed by atoms with Crippen molar-refractivity contribution in [3.05, 3.63) is 34.7 Å². The van der Waals surface area contributed by atoms with Crippen LogP contribution in [0.1, 0.15) is 25.3 Å². The Balaban J connectivity index is 1.95. The third-order valence-electron chi connectivity index (χ3n) is 4.45. The summed E-state index contributed by atoms with van der Waals surface area (Å²) in [6.07, 6.45) is 0.321. The average molecular weight is 344 g/mol. The van der Waals surface area contributed by atoms with Crippen molar-refractivity contribution in [3.8, 4) is 0 Å². The highest BCUT2D eigenvalue weighted by molar-refractivity contribution is 6.39. The number of nitroso groups, excluding NO2 is 1. The molecule has 1 aromatic rings. The zero-order valence-electron chi connectivity index (χ0n) is 13.8. The minimum absolute atomic E-state index is 0.119. The van der Waals surface area contributed by atoms with E-state index >= 15 is 0 Å². The van der Waals surface area contributed by atoms with Crippen molar-refractivity contribution in [2.24, 2.45) is 10.4 Å². The van der Waals surface area contributed by atoms with Gasteiger partial charge >= 0.3 is 5.97 Å². The van der Waals surface area contributed by atoms with Gasteiger partial charge in [-0.05, 0) is 24.1 Å². The zero-order chi connectivity index (χ0) is 18.2. The lowest BCUT2D eigenvalue weighted by molar-refractivity contribution is -0.132. The second kappa shape index (κ2) is 6.08. The first-order valence-electron chi connectivity index (χ1n) is 7.72. The van der Waals surface area contributed by atoms with Gasteiger partial charge in [0.25, 0.3) is 5.91 Å². The molecule has 1 aromatic carbocycles. The highest BCUT2D eigenvalue weighted by atomic mass is 16.5. The van der Waals surface area contributed by atoms with Crippen LogP contribution in [0.2, 0.25) is 0 Å². The quantitative estimate of drug-likeness (QED) is 0.461. The van der Waals surface area contributed by atoms with Crippen LogP contribution in [0.4, 0.5) is 5.69 Å². The Labute approximate surface area is 143 Å². The number of ether oxygens (including phenoxy) is 1. The highest BCUT2D eigenvalue weighted by Crippen LogP contribution is 2.40. The van der Waals surface area contributed by atoms with Crippen molar-refractivity contribution in [3.63, 3.8) is 0 Å². The van der Waals surface area contributed by atoms with E-state index in [0.717, 1.165) is 24.0 Å². The summed E-state index contributed by atoms with van der Waals surface area (Å²) in [5.74, 6) is -1.88. The van der Waals surface area contributed by atoms with E-state index in [-0.39, 0.29) is 18.6 Å². The van der Waals surface area contributed by atoms with E-state index in [0.29, 0.717) is 10.8 Å². The van der Waals surface area contributed by atoms with E-state index in [1.807, 2.05) is 19.1 Å². The molecule has 2 aliphatic heterocycles. The number of hydrogen-bond donors (Lipinski definition) is 0. The Morgan fingerprint density at radius 1 is 1.28 bits per heavy atom. The first-order valence-corrected chi connectivity index (χ1v) is 7.72. The van der Waals surface area contributed by atoms with E-state index in [4.69, 9.17) is 0 Å². The second-order valence-corrected chi connectivity index (χ2v) is 5.85. The molecule has 9 nitrogen and oxygen atoms in total. The Hall–Kier alpha value is -3.10. The highest BCUT2D eigenvalue weighted by Gasteiger charge is 2.61. The van der Waals surface area contributed by atoms with Gasteiger partial charge in [0.1, 0.15) is 0 Å². The molecule has 25 heavy (non-hydrogen) atoms. The number of hydrazone groups is 1. The molecule has 1 atom stereocenters. The predicted molar refractivity (Wildman–Crippen MR) is 87.4 cm³/mol. The number of rotatable bonds is 4. The van der Waals surface area contributed by atoms with Gasteiger partial charge in [0, 0.05) is 6.42 Å². The molecule has 1 spiro atoms. The van der Waals surface area contributed by atoms with Gasteiger partial charge in [0.15, 0.2) is 11.3 Å². The minimum atomic E-state index is -1.61. The molecule has 0 N–H and O–H groups in total. The van der Waals surface area contributed by atoms with E-state index in [1.165, 1.54) is 0 Å². The van der Waals surface area contributed by atoms with Crippen LogP contribution >= 0.6 is 0 Å². The van der Waals surface area contributed by atoms with Crippen LogP contribution in [0.25, 0.3) is 0 Å². The fraction of sp³-hybridized carbons (Fsp3) is 0.375. The Morgan fingerprint density at radius 3 is 2.52 bits per heavy atom. The first-order chi connectivity index (χ1) is 12.0. The topological polar surface area (TPSA) is 109 Å². The van der Waals surface area contributed by atoms with Crippen molar-refractivity contribution in [1.29, 1.82) is 0 Å². The van der Waals surface area contributed by atoms with Gasteiger partial charge in [0.2, 0.25) is 5.91 Å². The lowest BCUT2D eigenvalue weighted by Gasteiger charge is -2.24. The first kappa shape index (κ1) is 16.7. The van der Waals surface area contributed by atoms with E-state index < -0.39 is 23.3 Å². The number of benzene rings is 1. The summed E-state index contributed by atoms with van der Waals surface area (Å²) in [4.78, 5) is 49.3. The van der Waals surface area contributed by atoms with Crippen molar-refractivity contribution < 1.29 is 19.1 Å². The number of amides is 2. The number of aryl methyl sites for hydroxylation is 1. The van der Waals surface area contributed by atoms with Crippen LogP contribution in [0.15, 0.2) is 34.7 Å². The fourth-order valence-corrected chi connectivity index (χ4v) is 3.08. The standard InChI is InChI=1S/C16H16N4O5/c1-3-10-4-6-11(7-5-10)19-13(21)9-16(15(19)23)8-12(14(22)25-2)17-20(16)18-24/h4-7H,3,8-9H2,1-2H3. The van der Waals surface area contributed by atoms with Crippen LogP contribution < -0.4 is 4.90 Å². The van der Waals surface area contributed by atoms with Gasteiger partial charge in [0.05, 0.1) is 24.5 Å². The number of esters is 1. The molecule has 9 heteroatoms. The number of carbonyl (C=O) groups excluding carboxylic acids is 3. The number of methoxy groups -OCH3 is 1. The maximum atomic E-state index is 13.0. The third kappa shape index (κ3) is 2.48. The molecule has 2 amide bonds. The van der Waals surface area contributed by atoms with Gasteiger partial charge in [-0.3, -0.25) is 9.59 Å². The summed E-state index contributed by atoms with van der Waals surface area (Å²) in [5.41, 5.74) is -0.259. The Bertz CT molecular complexity index is 788. The number of anilines is 1. The van der Waals surface area contributed by atoms with E-state index in [9.17, 15) is 19.3 Å². The Kier molecular flexibility index (Phi) is 4.07. The molecule has 130 valence electrons. The van der Waals surface area contributed by atoms with Gasteiger partial charge in [-0.1, -0.05) is 19.1 Å². The largest absolute Gasteiger partial charge is 0.464 e. The van der Waals surface area contributed by atoms with E-state index in [1.54, 1.807) is 12.1 Å². The summed E-state index contributed by atoms with van der Waals surface area (Å²) >= 11 is 0. The van der Waals surface area contributed by atoms with Crippen LogP contribution in [-0.2, 0) is 25.5 Å². The second-order valence-electron chi connectivity index (χ2n) is 5.85. The van der Waals surface area contributed by atoms with Crippen molar-refractivity contribution in [2.75, 3.05) is 12.0 Å². The van der Waals surface area contributed by atoms with Crippen LogP contribution in [-0.4, -0.2) is 41.3 Å². The lowest BCUT2D eigenvalue weighted by atomic mass is 9.92. The molecular weight excluding hydrogens is 328 g/mol. The van der Waals surface area contributed by atoms with Crippen molar-refractivity contribution >= 4 is 29.2 Å². The van der Waals surface area contributed by atoms with Gasteiger partial charge in [-0.25, -0.2) is 9.69 Å². The molecule has 3 rings (SSSR count). The zero-order valence-corrected chi connectivity index (χ0v) is 13.8. The molecule has 0 radical (unpaired) electrons. The average Bonchev–Trinajstić information content (AvgIpc) is 3.12. The lowest BCUT2D eigenvalue weighted by Crippen LogP contribution is -2.48. The Morgan fingerprint density at radius 2 is 1.96 bits per heavy atom. The van der Waals surface area contributed by atoms with Crippen LogP contribution in [0.5, 0.6) is 0 Å². The molecule has 1 saturated heterocycles. The number of nitrogens with zero attached hydrogens (tertiary/aromatic N) is 4. The molecule has 0 aromatic heterocycles. The summed E-state index contributed by atoms with van der Waals surface area (Å²) in [6.45, 7) is 1.99. The molecule has 0 bridgehead atoms. The molecule has 1 fully saturated rings. The van der Waals surface area contributed by atoms with E-state index in [2.05, 4.69) is 15.1 Å². The number of carbonyl (C=O) groups is 3. The van der Waals surface area contributed by atoms with Gasteiger partial charge in [-0.15, -0.1) is 15.1 Å². The van der Waals surface area contributed by atoms with Gasteiger partial charge < -0.3 is 4.74 Å². The number of imide groups is 1. The number of hydrogen-bond acceptors (Lipinski definition) is 7. The maximum absolute atomic E-state index is 13.0. The monoisotopic (exact) mass is 344 g/mol. The summed E-state index contributed by atoms with van der Waals surface area (Å²) in [6, 6.07) is 6.98. The van der Waals surface area contributed by atoms with Crippen molar-refractivity contribution in [2.45, 2.75) is 31.7 Å². The van der Waals surface area contributed by atoms with Crippen LogP contribution in [0, 0.1) is 4.91 Å². The maximum Gasteiger partial charge on any atom is 0.354 e. The van der Waals surface area contributed by atoms with Crippen molar-refractivity contribution in [1.82, 2.24) is 5.12 Å². The molecule has 0 saturated carbocycles. The molecule has 1 unspecified atom stereocenters. The summed E-state index contributed by atoms with van der Waals surface area (Å²) in [5, 5.41) is 7.08. The van der Waals surface area contributed by atoms with Gasteiger partial charge in [-0.2, -0.15) is 0 Å². The summed E-state index contributed by atoms with van der Waals surface area (Å²) < 4.78 is 4.58. The smallest absolute Gasteiger partial charge is 0.354 e. The minimum Gasteiger partial charge on any atom is -0.464 e. The molecule has 2 heterocycles. The molecular formula is C16H16N4O5.